The van der Waals surface area contributed by atoms with E-state index in [2.05, 4.69) is 0 Å². The van der Waals surface area contributed by atoms with Crippen LogP contribution in [-0.4, -0.2) is 29.7 Å². The molecule has 0 aromatic heterocycles. The van der Waals surface area contributed by atoms with Gasteiger partial charge < -0.3 is 14.6 Å². The van der Waals surface area contributed by atoms with E-state index < -0.39 is 5.79 Å². The van der Waals surface area contributed by atoms with Crippen molar-refractivity contribution in [3.8, 4) is 0 Å². The number of aliphatic hydroxyl groups excluding tert-OH is 1. The van der Waals surface area contributed by atoms with Crippen molar-refractivity contribution in [2.24, 2.45) is 5.92 Å². The number of hydrogen-bond acceptors (Lipinski definition) is 3. The van der Waals surface area contributed by atoms with Crippen LogP contribution in [0.5, 0.6) is 0 Å². The maximum atomic E-state index is 10.0. The summed E-state index contributed by atoms with van der Waals surface area (Å²) in [6.07, 6.45) is 6.78. The zero-order valence-electron chi connectivity index (χ0n) is 10.4. The summed E-state index contributed by atoms with van der Waals surface area (Å²) >= 11 is 0. The second kappa shape index (κ2) is 5.03. The Bertz CT molecular complexity index is 227. The van der Waals surface area contributed by atoms with Crippen molar-refractivity contribution in [1.29, 1.82) is 0 Å². The fourth-order valence-corrected chi connectivity index (χ4v) is 2.86. The largest absolute Gasteiger partial charge is 0.393 e. The molecule has 1 N–H and O–H groups in total. The van der Waals surface area contributed by atoms with Crippen LogP contribution in [0.25, 0.3) is 0 Å². The number of hydrogen-bond donors (Lipinski definition) is 1. The van der Waals surface area contributed by atoms with E-state index in [1.54, 1.807) is 0 Å². The Morgan fingerprint density at radius 2 is 1.94 bits per heavy atom. The predicted molar refractivity (Wildman–Crippen MR) is 62.1 cm³/mol. The molecule has 1 heterocycles. The highest BCUT2D eigenvalue weighted by atomic mass is 16.7. The van der Waals surface area contributed by atoms with Crippen molar-refractivity contribution >= 4 is 0 Å². The number of ether oxygens (including phenoxy) is 2. The summed E-state index contributed by atoms with van der Waals surface area (Å²) in [5.74, 6) is -0.0228. The summed E-state index contributed by atoms with van der Waals surface area (Å²) in [5.41, 5.74) is 0. The molecule has 1 saturated carbocycles. The van der Waals surface area contributed by atoms with Crippen molar-refractivity contribution < 1.29 is 14.6 Å². The molecule has 0 aromatic carbocycles. The second-order valence-corrected chi connectivity index (χ2v) is 5.65. The molecule has 2 fully saturated rings. The first kappa shape index (κ1) is 12.3. The van der Waals surface area contributed by atoms with E-state index in [9.17, 15) is 5.11 Å². The standard InChI is InChI=1S/C13H24O3/c1-13(2)15-9-11(16-13)8-10-6-4-3-5-7-12(10)14/h10-12,14H,3-9H2,1-2H3/t10-,11+,12-/m0/s1. The van der Waals surface area contributed by atoms with Crippen LogP contribution in [0.15, 0.2) is 0 Å². The molecule has 1 saturated heterocycles. The van der Waals surface area contributed by atoms with Crippen LogP contribution in [0.4, 0.5) is 0 Å². The third-order valence-corrected chi connectivity index (χ3v) is 3.75. The van der Waals surface area contributed by atoms with E-state index in [1.807, 2.05) is 13.8 Å². The van der Waals surface area contributed by atoms with Crippen LogP contribution < -0.4 is 0 Å². The Labute approximate surface area is 98.1 Å². The van der Waals surface area contributed by atoms with Gasteiger partial charge in [0.05, 0.1) is 18.8 Å². The lowest BCUT2D eigenvalue weighted by Gasteiger charge is -2.23. The van der Waals surface area contributed by atoms with Crippen molar-refractivity contribution in [2.75, 3.05) is 6.61 Å². The molecule has 0 unspecified atom stereocenters. The summed E-state index contributed by atoms with van der Waals surface area (Å²) in [7, 11) is 0. The minimum atomic E-state index is -0.430. The lowest BCUT2D eigenvalue weighted by molar-refractivity contribution is -0.141. The Kier molecular flexibility index (Phi) is 3.88. The molecule has 0 radical (unpaired) electrons. The van der Waals surface area contributed by atoms with Gasteiger partial charge in [-0.2, -0.15) is 0 Å². The predicted octanol–water partition coefficient (Wildman–Crippen LogP) is 2.47. The molecule has 3 atom stereocenters. The Hall–Kier alpha value is -0.120. The van der Waals surface area contributed by atoms with Gasteiger partial charge in [-0.25, -0.2) is 0 Å². The molecular formula is C13H24O3. The summed E-state index contributed by atoms with van der Waals surface area (Å²) in [4.78, 5) is 0. The van der Waals surface area contributed by atoms with Crippen LogP contribution >= 0.6 is 0 Å². The summed E-state index contributed by atoms with van der Waals surface area (Å²) < 4.78 is 11.4. The maximum absolute atomic E-state index is 10.0. The van der Waals surface area contributed by atoms with E-state index in [0.29, 0.717) is 12.5 Å². The molecule has 1 aliphatic heterocycles. The molecule has 0 aromatic rings. The molecule has 94 valence electrons. The van der Waals surface area contributed by atoms with Gasteiger partial charge >= 0.3 is 0 Å². The highest BCUT2D eigenvalue weighted by Gasteiger charge is 2.35. The van der Waals surface area contributed by atoms with Crippen LogP contribution in [-0.2, 0) is 9.47 Å². The average Bonchev–Trinajstić information content (AvgIpc) is 2.41. The topological polar surface area (TPSA) is 38.7 Å². The summed E-state index contributed by atoms with van der Waals surface area (Å²) in [5, 5.41) is 10.0. The first-order chi connectivity index (χ1) is 7.57. The molecule has 3 nitrogen and oxygen atoms in total. The van der Waals surface area contributed by atoms with E-state index in [1.165, 1.54) is 19.3 Å². The van der Waals surface area contributed by atoms with Gasteiger partial charge in [0, 0.05) is 0 Å². The van der Waals surface area contributed by atoms with Crippen molar-refractivity contribution in [2.45, 2.75) is 70.4 Å². The summed E-state index contributed by atoms with van der Waals surface area (Å²) in [6, 6.07) is 0. The van der Waals surface area contributed by atoms with Gasteiger partial charge in [0.2, 0.25) is 0 Å². The zero-order chi connectivity index (χ0) is 11.6. The SMILES string of the molecule is CC1(C)OC[C@@H](C[C@@H]2CCCCC[C@@H]2O)O1. The fraction of sp³-hybridized carbons (Fsp3) is 1.00. The highest BCUT2D eigenvalue weighted by molar-refractivity contribution is 4.79. The molecule has 2 aliphatic rings. The minimum Gasteiger partial charge on any atom is -0.393 e. The molecule has 0 bridgehead atoms. The monoisotopic (exact) mass is 228 g/mol. The molecular weight excluding hydrogens is 204 g/mol. The lowest BCUT2D eigenvalue weighted by Crippen LogP contribution is -2.27. The highest BCUT2D eigenvalue weighted by Crippen LogP contribution is 2.32. The van der Waals surface area contributed by atoms with Crippen molar-refractivity contribution in [3.63, 3.8) is 0 Å². The van der Waals surface area contributed by atoms with Gasteiger partial charge in [-0.05, 0) is 39.0 Å². The minimum absolute atomic E-state index is 0.130. The Morgan fingerprint density at radius 3 is 2.62 bits per heavy atom. The zero-order valence-corrected chi connectivity index (χ0v) is 10.4. The summed E-state index contributed by atoms with van der Waals surface area (Å²) in [6.45, 7) is 4.59. The quantitative estimate of drug-likeness (QED) is 0.738. The molecule has 0 amide bonds. The van der Waals surface area contributed by atoms with Crippen LogP contribution in [0.2, 0.25) is 0 Å². The smallest absolute Gasteiger partial charge is 0.163 e. The van der Waals surface area contributed by atoms with Gasteiger partial charge in [-0.1, -0.05) is 19.3 Å². The first-order valence-electron chi connectivity index (χ1n) is 6.57. The third kappa shape index (κ3) is 3.19. The second-order valence-electron chi connectivity index (χ2n) is 5.65. The van der Waals surface area contributed by atoms with Gasteiger partial charge in [0.25, 0.3) is 0 Å². The maximum Gasteiger partial charge on any atom is 0.163 e. The Balaban J connectivity index is 1.84. The molecule has 3 heteroatoms. The first-order valence-corrected chi connectivity index (χ1v) is 6.57. The molecule has 1 aliphatic carbocycles. The molecule has 16 heavy (non-hydrogen) atoms. The number of rotatable bonds is 2. The Morgan fingerprint density at radius 1 is 1.19 bits per heavy atom. The van der Waals surface area contributed by atoms with Gasteiger partial charge in [0.1, 0.15) is 0 Å². The van der Waals surface area contributed by atoms with Crippen LogP contribution in [0.1, 0.15) is 52.4 Å². The van der Waals surface area contributed by atoms with Gasteiger partial charge in [-0.3, -0.25) is 0 Å². The van der Waals surface area contributed by atoms with E-state index >= 15 is 0 Å². The molecule has 2 rings (SSSR count). The molecule has 0 spiro atoms. The fourth-order valence-electron chi connectivity index (χ4n) is 2.86. The van der Waals surface area contributed by atoms with Crippen molar-refractivity contribution in [3.05, 3.63) is 0 Å². The number of aliphatic hydroxyl groups is 1. The van der Waals surface area contributed by atoms with E-state index in [4.69, 9.17) is 9.47 Å². The van der Waals surface area contributed by atoms with E-state index in [-0.39, 0.29) is 12.2 Å². The average molecular weight is 228 g/mol. The van der Waals surface area contributed by atoms with Crippen LogP contribution in [0, 0.1) is 5.92 Å². The van der Waals surface area contributed by atoms with Crippen LogP contribution in [0.3, 0.4) is 0 Å². The van der Waals surface area contributed by atoms with Crippen molar-refractivity contribution in [1.82, 2.24) is 0 Å². The van der Waals surface area contributed by atoms with Gasteiger partial charge in [-0.15, -0.1) is 0 Å². The lowest BCUT2D eigenvalue weighted by atomic mass is 9.91. The normalized spacial score (nSPS) is 39.6. The van der Waals surface area contributed by atoms with E-state index in [0.717, 1.165) is 19.3 Å². The third-order valence-electron chi connectivity index (χ3n) is 3.75. The van der Waals surface area contributed by atoms with Gasteiger partial charge in [0.15, 0.2) is 5.79 Å².